The monoisotopic (exact) mass is 246 g/mol. The fourth-order valence-electron chi connectivity index (χ4n) is 2.06. The fraction of sp³-hybridized carbons (Fsp3) is 0.500. The van der Waals surface area contributed by atoms with Gasteiger partial charge >= 0.3 is 0 Å². The topological polar surface area (TPSA) is 45.5 Å². The average Bonchev–Trinajstić information content (AvgIpc) is 2.39. The van der Waals surface area contributed by atoms with Crippen LogP contribution in [-0.4, -0.2) is 43.9 Å². The van der Waals surface area contributed by atoms with Gasteiger partial charge in [-0.3, -0.25) is 4.90 Å². The summed E-state index contributed by atoms with van der Waals surface area (Å²) in [6, 6.07) is 9.46. The summed E-state index contributed by atoms with van der Waals surface area (Å²) in [4.78, 5) is 2.32. The lowest BCUT2D eigenvalue weighted by atomic mass is 10.2. The Morgan fingerprint density at radius 3 is 3.11 bits per heavy atom. The van der Waals surface area contributed by atoms with Gasteiger partial charge in [0.2, 0.25) is 0 Å². The number of hydrogen-bond acceptors (Lipinski definition) is 4. The Kier molecular flexibility index (Phi) is 4.57. The van der Waals surface area contributed by atoms with Gasteiger partial charge in [0.05, 0.1) is 18.3 Å². The number of morpholine rings is 1. The Balaban J connectivity index is 1.80. The maximum absolute atomic E-state index is 8.94. The summed E-state index contributed by atoms with van der Waals surface area (Å²) in [6.07, 6.45) is 0.296. The minimum atomic E-state index is 0.296. The van der Waals surface area contributed by atoms with Gasteiger partial charge in [0.1, 0.15) is 18.4 Å². The van der Waals surface area contributed by atoms with E-state index < -0.39 is 0 Å². The number of rotatable bonds is 4. The highest BCUT2D eigenvalue weighted by atomic mass is 16.5. The molecule has 0 saturated carbocycles. The van der Waals surface area contributed by atoms with Crippen LogP contribution in [0.1, 0.15) is 12.5 Å². The highest BCUT2D eigenvalue weighted by Crippen LogP contribution is 2.16. The van der Waals surface area contributed by atoms with E-state index in [1.165, 1.54) is 0 Å². The van der Waals surface area contributed by atoms with Crippen molar-refractivity contribution in [1.29, 1.82) is 5.26 Å². The maximum atomic E-state index is 8.94. The molecule has 0 spiro atoms. The summed E-state index contributed by atoms with van der Waals surface area (Å²) in [5.41, 5.74) is 0.591. The fourth-order valence-corrected chi connectivity index (χ4v) is 2.06. The Morgan fingerprint density at radius 2 is 2.33 bits per heavy atom. The van der Waals surface area contributed by atoms with E-state index in [4.69, 9.17) is 14.7 Å². The predicted molar refractivity (Wildman–Crippen MR) is 68.5 cm³/mol. The molecule has 4 nitrogen and oxygen atoms in total. The molecule has 0 aliphatic carbocycles. The van der Waals surface area contributed by atoms with Crippen molar-refractivity contribution in [2.24, 2.45) is 0 Å². The molecule has 0 aromatic heterocycles. The molecule has 2 rings (SSSR count). The molecule has 1 aromatic rings. The van der Waals surface area contributed by atoms with Crippen molar-refractivity contribution in [1.82, 2.24) is 4.90 Å². The van der Waals surface area contributed by atoms with Crippen LogP contribution in [0.5, 0.6) is 5.75 Å². The number of ether oxygens (including phenoxy) is 2. The van der Waals surface area contributed by atoms with Crippen molar-refractivity contribution in [3.8, 4) is 11.8 Å². The molecule has 1 heterocycles. The zero-order chi connectivity index (χ0) is 12.8. The van der Waals surface area contributed by atoms with Crippen LogP contribution in [0.25, 0.3) is 0 Å². The Labute approximate surface area is 108 Å². The van der Waals surface area contributed by atoms with E-state index in [9.17, 15) is 0 Å². The van der Waals surface area contributed by atoms with E-state index in [1.807, 2.05) is 18.2 Å². The zero-order valence-electron chi connectivity index (χ0n) is 10.6. The second kappa shape index (κ2) is 6.39. The first-order valence-corrected chi connectivity index (χ1v) is 6.25. The standard InChI is InChI=1S/C14H18N2O2/c1-12-11-16(6-8-17-12)7-9-18-14-5-3-2-4-13(14)10-15/h2-5,12H,6-9,11H2,1H3. The van der Waals surface area contributed by atoms with Crippen molar-refractivity contribution in [2.45, 2.75) is 13.0 Å². The van der Waals surface area contributed by atoms with Gasteiger partial charge in [0, 0.05) is 19.6 Å². The van der Waals surface area contributed by atoms with E-state index in [1.54, 1.807) is 6.07 Å². The van der Waals surface area contributed by atoms with Crippen molar-refractivity contribution >= 4 is 0 Å². The molecule has 1 aliphatic rings. The third-order valence-electron chi connectivity index (χ3n) is 3.00. The Hall–Kier alpha value is -1.57. The van der Waals surface area contributed by atoms with Crippen LogP contribution in [0.4, 0.5) is 0 Å². The van der Waals surface area contributed by atoms with Crippen LogP contribution >= 0.6 is 0 Å². The molecule has 0 radical (unpaired) electrons. The van der Waals surface area contributed by atoms with Crippen molar-refractivity contribution in [3.05, 3.63) is 29.8 Å². The highest BCUT2D eigenvalue weighted by molar-refractivity contribution is 5.42. The number of hydrogen-bond donors (Lipinski definition) is 0. The molecular formula is C14H18N2O2. The lowest BCUT2D eigenvalue weighted by Gasteiger charge is -2.30. The summed E-state index contributed by atoms with van der Waals surface area (Å²) >= 11 is 0. The summed E-state index contributed by atoms with van der Waals surface area (Å²) in [6.45, 7) is 6.24. The van der Waals surface area contributed by atoms with Gasteiger partial charge in [-0.05, 0) is 19.1 Å². The summed E-state index contributed by atoms with van der Waals surface area (Å²) in [5.74, 6) is 0.668. The molecule has 18 heavy (non-hydrogen) atoms. The van der Waals surface area contributed by atoms with Gasteiger partial charge < -0.3 is 9.47 Å². The van der Waals surface area contributed by atoms with Crippen LogP contribution in [0, 0.1) is 11.3 Å². The van der Waals surface area contributed by atoms with Gasteiger partial charge in [-0.1, -0.05) is 12.1 Å². The molecule has 1 atom stereocenters. The number of nitriles is 1. The quantitative estimate of drug-likeness (QED) is 0.810. The van der Waals surface area contributed by atoms with E-state index in [0.717, 1.165) is 26.2 Å². The number of benzene rings is 1. The molecule has 96 valence electrons. The van der Waals surface area contributed by atoms with E-state index >= 15 is 0 Å². The molecule has 4 heteroatoms. The highest BCUT2D eigenvalue weighted by Gasteiger charge is 2.16. The normalized spacial score (nSPS) is 20.3. The summed E-state index contributed by atoms with van der Waals surface area (Å²) in [5, 5.41) is 8.94. The smallest absolute Gasteiger partial charge is 0.137 e. The number of nitrogens with zero attached hydrogens (tertiary/aromatic N) is 2. The van der Waals surface area contributed by atoms with Crippen molar-refractivity contribution < 1.29 is 9.47 Å². The molecular weight excluding hydrogens is 228 g/mol. The average molecular weight is 246 g/mol. The Bertz CT molecular complexity index is 428. The molecule has 0 amide bonds. The van der Waals surface area contributed by atoms with E-state index in [2.05, 4.69) is 17.9 Å². The third-order valence-corrected chi connectivity index (χ3v) is 3.00. The lowest BCUT2D eigenvalue weighted by molar-refractivity contribution is -0.0214. The molecule has 1 fully saturated rings. The van der Waals surface area contributed by atoms with E-state index in [-0.39, 0.29) is 0 Å². The first-order valence-electron chi connectivity index (χ1n) is 6.25. The Morgan fingerprint density at radius 1 is 1.50 bits per heavy atom. The molecule has 1 saturated heterocycles. The van der Waals surface area contributed by atoms with Gasteiger partial charge in [0.25, 0.3) is 0 Å². The minimum Gasteiger partial charge on any atom is -0.491 e. The second-order valence-corrected chi connectivity index (χ2v) is 4.44. The zero-order valence-corrected chi connectivity index (χ0v) is 10.6. The van der Waals surface area contributed by atoms with Gasteiger partial charge in [-0.25, -0.2) is 0 Å². The van der Waals surface area contributed by atoms with Crippen molar-refractivity contribution in [2.75, 3.05) is 32.8 Å². The third kappa shape index (κ3) is 3.46. The molecule has 0 N–H and O–H groups in total. The van der Waals surface area contributed by atoms with Gasteiger partial charge in [-0.2, -0.15) is 5.26 Å². The molecule has 1 aromatic carbocycles. The lowest BCUT2D eigenvalue weighted by Crippen LogP contribution is -2.42. The summed E-state index contributed by atoms with van der Waals surface area (Å²) < 4.78 is 11.1. The van der Waals surface area contributed by atoms with Crippen LogP contribution in [-0.2, 0) is 4.74 Å². The van der Waals surface area contributed by atoms with E-state index in [0.29, 0.717) is 24.0 Å². The largest absolute Gasteiger partial charge is 0.491 e. The van der Waals surface area contributed by atoms with Crippen LogP contribution < -0.4 is 4.74 Å². The van der Waals surface area contributed by atoms with Crippen LogP contribution in [0.2, 0.25) is 0 Å². The van der Waals surface area contributed by atoms with Crippen LogP contribution in [0.15, 0.2) is 24.3 Å². The second-order valence-electron chi connectivity index (χ2n) is 4.44. The maximum Gasteiger partial charge on any atom is 0.137 e. The predicted octanol–water partition coefficient (Wildman–Crippen LogP) is 1.66. The van der Waals surface area contributed by atoms with Gasteiger partial charge in [-0.15, -0.1) is 0 Å². The molecule has 1 unspecified atom stereocenters. The minimum absolute atomic E-state index is 0.296. The van der Waals surface area contributed by atoms with Crippen molar-refractivity contribution in [3.63, 3.8) is 0 Å². The SMILES string of the molecule is CC1CN(CCOc2ccccc2C#N)CCO1. The molecule has 0 bridgehead atoms. The van der Waals surface area contributed by atoms with Crippen LogP contribution in [0.3, 0.4) is 0 Å². The molecule has 1 aliphatic heterocycles. The summed E-state index contributed by atoms with van der Waals surface area (Å²) in [7, 11) is 0. The first kappa shape index (κ1) is 12.9. The first-order chi connectivity index (χ1) is 8.79. The number of para-hydroxylation sites is 1. The van der Waals surface area contributed by atoms with Gasteiger partial charge in [0.15, 0.2) is 0 Å².